The van der Waals surface area contributed by atoms with Crippen LogP contribution in [0.25, 0.3) is 33.2 Å². The van der Waals surface area contributed by atoms with Gasteiger partial charge in [0.15, 0.2) is 6.20 Å². The first-order valence-corrected chi connectivity index (χ1v) is 7.91. The van der Waals surface area contributed by atoms with E-state index in [1.165, 1.54) is 16.7 Å². The maximum atomic E-state index is 9.25. The number of aromatic nitrogens is 1. The Morgan fingerprint density at radius 3 is 2.62 bits per heavy atom. The van der Waals surface area contributed by atoms with E-state index in [0.29, 0.717) is 5.56 Å². The van der Waals surface area contributed by atoms with Crippen LogP contribution in [0.5, 0.6) is 0 Å². The van der Waals surface area contributed by atoms with E-state index in [-0.39, 0.29) is 0 Å². The highest BCUT2D eigenvalue weighted by atomic mass is 16.3. The lowest BCUT2D eigenvalue weighted by Crippen LogP contribution is -2.30. The Hall–Kier alpha value is -3.12. The predicted molar refractivity (Wildman–Crippen MR) is 94.5 cm³/mol. The van der Waals surface area contributed by atoms with Gasteiger partial charge in [0.1, 0.15) is 18.2 Å². The zero-order chi connectivity index (χ0) is 16.8. The Morgan fingerprint density at radius 1 is 1.04 bits per heavy atom. The average Bonchev–Trinajstić information content (AvgIpc) is 2.94. The van der Waals surface area contributed by atoms with E-state index in [0.717, 1.165) is 27.6 Å². The number of hydrogen-bond donors (Lipinski definition) is 0. The number of fused-ring (bicyclic) bond motifs is 3. The van der Waals surface area contributed by atoms with Crippen molar-refractivity contribution in [2.45, 2.75) is 13.8 Å². The highest BCUT2D eigenvalue weighted by Crippen LogP contribution is 2.39. The van der Waals surface area contributed by atoms with E-state index in [1.54, 1.807) is 6.07 Å². The Balaban J connectivity index is 2.24. The van der Waals surface area contributed by atoms with E-state index in [9.17, 15) is 5.26 Å². The summed E-state index contributed by atoms with van der Waals surface area (Å²) >= 11 is 0. The van der Waals surface area contributed by atoms with E-state index in [1.807, 2.05) is 37.5 Å². The summed E-state index contributed by atoms with van der Waals surface area (Å²) in [6, 6.07) is 16.1. The maximum Gasteiger partial charge on any atom is 0.213 e. The molecule has 4 aromatic rings. The van der Waals surface area contributed by atoms with Crippen LogP contribution in [-0.2, 0) is 7.05 Å². The molecular weight excluding hydrogens is 296 g/mol. The van der Waals surface area contributed by atoms with E-state index in [2.05, 4.69) is 36.6 Å². The molecule has 24 heavy (non-hydrogen) atoms. The number of aryl methyl sites for hydroxylation is 2. The fraction of sp³-hybridized carbons (Fsp3) is 0.143. The third kappa shape index (κ3) is 2.00. The Morgan fingerprint density at radius 2 is 1.88 bits per heavy atom. The van der Waals surface area contributed by atoms with E-state index in [4.69, 9.17) is 4.42 Å². The smallest absolute Gasteiger partial charge is 0.213 e. The second kappa shape index (κ2) is 5.21. The van der Waals surface area contributed by atoms with Crippen LogP contribution in [0.2, 0.25) is 0 Å². The molecule has 3 heteroatoms. The van der Waals surface area contributed by atoms with Gasteiger partial charge in [-0.1, -0.05) is 0 Å². The Kier molecular flexibility index (Phi) is 3.14. The largest absolute Gasteiger partial charge is 0.456 e. The van der Waals surface area contributed by atoms with Crippen molar-refractivity contribution in [2.75, 3.05) is 0 Å². The molecule has 116 valence electrons. The van der Waals surface area contributed by atoms with Gasteiger partial charge in [-0.2, -0.15) is 5.26 Å². The molecular formula is C21H17N2O+. The molecule has 0 saturated carbocycles. The van der Waals surface area contributed by atoms with Crippen LogP contribution in [0.1, 0.15) is 16.7 Å². The SMILES string of the molecule is Cc1cc2oc3ccc(C#N)cc3c2c(-c2cccc[n+]2C)c1C. The fourth-order valence-corrected chi connectivity index (χ4v) is 3.34. The van der Waals surface area contributed by atoms with Crippen molar-refractivity contribution in [3.8, 4) is 17.3 Å². The lowest BCUT2D eigenvalue weighted by Gasteiger charge is -2.09. The van der Waals surface area contributed by atoms with Gasteiger partial charge in [-0.05, 0) is 55.3 Å². The van der Waals surface area contributed by atoms with Gasteiger partial charge in [0, 0.05) is 22.9 Å². The van der Waals surface area contributed by atoms with Crippen molar-refractivity contribution in [3.05, 3.63) is 65.4 Å². The number of nitrogens with zero attached hydrogens (tertiary/aromatic N) is 2. The standard InChI is InChI=1S/C21H17N2O/c1-13-10-19-21(16-11-15(12-22)7-8-18(16)24-19)20(14(13)2)17-6-4-5-9-23(17)3/h4-11H,1-3H3/q+1. The van der Waals surface area contributed by atoms with Gasteiger partial charge in [-0.3, -0.25) is 0 Å². The van der Waals surface area contributed by atoms with Crippen LogP contribution < -0.4 is 4.57 Å². The molecule has 3 nitrogen and oxygen atoms in total. The molecule has 0 amide bonds. The topological polar surface area (TPSA) is 40.8 Å². The van der Waals surface area contributed by atoms with Crippen molar-refractivity contribution >= 4 is 21.9 Å². The number of nitriles is 1. The molecule has 2 heterocycles. The van der Waals surface area contributed by atoms with Gasteiger partial charge in [-0.15, -0.1) is 0 Å². The summed E-state index contributed by atoms with van der Waals surface area (Å²) in [7, 11) is 2.05. The van der Waals surface area contributed by atoms with Gasteiger partial charge >= 0.3 is 0 Å². The molecule has 0 aliphatic carbocycles. The average molecular weight is 313 g/mol. The summed E-state index contributed by atoms with van der Waals surface area (Å²) in [6.07, 6.45) is 2.05. The van der Waals surface area contributed by atoms with Gasteiger partial charge < -0.3 is 4.42 Å². The van der Waals surface area contributed by atoms with Crippen LogP contribution >= 0.6 is 0 Å². The highest BCUT2D eigenvalue weighted by molar-refractivity contribution is 6.13. The molecule has 0 N–H and O–H groups in total. The van der Waals surface area contributed by atoms with E-state index >= 15 is 0 Å². The molecule has 0 spiro atoms. The molecule has 4 rings (SSSR count). The first kappa shape index (κ1) is 14.5. The minimum atomic E-state index is 0.645. The van der Waals surface area contributed by atoms with Crippen LogP contribution in [0.15, 0.2) is 53.1 Å². The molecule has 2 aromatic heterocycles. The minimum absolute atomic E-state index is 0.645. The van der Waals surface area contributed by atoms with Crippen molar-refractivity contribution in [3.63, 3.8) is 0 Å². The van der Waals surface area contributed by atoms with Crippen molar-refractivity contribution < 1.29 is 8.98 Å². The lowest BCUT2D eigenvalue weighted by atomic mass is 9.94. The number of rotatable bonds is 1. The summed E-state index contributed by atoms with van der Waals surface area (Å²) in [5, 5.41) is 11.3. The van der Waals surface area contributed by atoms with Crippen molar-refractivity contribution in [1.82, 2.24) is 0 Å². The van der Waals surface area contributed by atoms with Crippen LogP contribution in [-0.4, -0.2) is 0 Å². The first-order valence-electron chi connectivity index (χ1n) is 7.91. The Bertz CT molecular complexity index is 1150. The normalized spacial score (nSPS) is 11.1. The van der Waals surface area contributed by atoms with Gasteiger partial charge in [0.2, 0.25) is 5.69 Å². The number of hydrogen-bond acceptors (Lipinski definition) is 2. The molecule has 2 aromatic carbocycles. The van der Waals surface area contributed by atoms with Crippen LogP contribution in [0, 0.1) is 25.2 Å². The predicted octanol–water partition coefficient (Wildman–Crippen LogP) is 4.57. The second-order valence-corrected chi connectivity index (χ2v) is 6.19. The Labute approximate surface area is 140 Å². The van der Waals surface area contributed by atoms with E-state index < -0.39 is 0 Å². The highest BCUT2D eigenvalue weighted by Gasteiger charge is 2.21. The van der Waals surface area contributed by atoms with Crippen LogP contribution in [0.3, 0.4) is 0 Å². The van der Waals surface area contributed by atoms with Gasteiger partial charge in [0.05, 0.1) is 17.2 Å². The maximum absolute atomic E-state index is 9.25. The number of benzene rings is 2. The zero-order valence-corrected chi connectivity index (χ0v) is 13.9. The molecule has 0 unspecified atom stereocenters. The van der Waals surface area contributed by atoms with Gasteiger partial charge in [0.25, 0.3) is 0 Å². The molecule has 0 aliphatic rings. The fourth-order valence-electron chi connectivity index (χ4n) is 3.34. The lowest BCUT2D eigenvalue weighted by molar-refractivity contribution is -0.660. The van der Waals surface area contributed by atoms with Crippen molar-refractivity contribution in [1.29, 1.82) is 5.26 Å². The van der Waals surface area contributed by atoms with Gasteiger partial charge in [-0.25, -0.2) is 4.57 Å². The summed E-state index contributed by atoms with van der Waals surface area (Å²) < 4.78 is 8.19. The minimum Gasteiger partial charge on any atom is -0.456 e. The molecule has 0 bridgehead atoms. The first-order chi connectivity index (χ1) is 11.6. The zero-order valence-electron chi connectivity index (χ0n) is 13.9. The number of furan rings is 1. The molecule has 0 saturated heterocycles. The summed E-state index contributed by atoms with van der Waals surface area (Å²) in [5.41, 5.74) is 7.05. The summed E-state index contributed by atoms with van der Waals surface area (Å²) in [5.74, 6) is 0. The quantitative estimate of drug-likeness (QED) is 0.483. The summed E-state index contributed by atoms with van der Waals surface area (Å²) in [6.45, 7) is 4.25. The molecule has 0 aliphatic heterocycles. The van der Waals surface area contributed by atoms with Crippen molar-refractivity contribution in [2.24, 2.45) is 7.05 Å². The molecule has 0 radical (unpaired) electrons. The third-order valence-corrected chi connectivity index (χ3v) is 4.72. The second-order valence-electron chi connectivity index (χ2n) is 6.19. The molecule has 0 fully saturated rings. The third-order valence-electron chi connectivity index (χ3n) is 4.72. The van der Waals surface area contributed by atoms with Crippen LogP contribution in [0.4, 0.5) is 0 Å². The summed E-state index contributed by atoms with van der Waals surface area (Å²) in [4.78, 5) is 0. The molecule has 0 atom stereocenters. The monoisotopic (exact) mass is 313 g/mol. The number of pyridine rings is 1.